The first kappa shape index (κ1) is 9.47. The highest BCUT2D eigenvalue weighted by atomic mass is 16.6. The molecule has 1 aromatic heterocycles. The van der Waals surface area contributed by atoms with Crippen molar-refractivity contribution >= 4 is 11.6 Å². The monoisotopic (exact) mass is 181 g/mol. The number of hydroxylamine groups is 1. The van der Waals surface area contributed by atoms with Crippen LogP contribution in [0.1, 0.15) is 17.3 Å². The lowest BCUT2D eigenvalue weighted by molar-refractivity contribution is 0.0365. The van der Waals surface area contributed by atoms with E-state index in [9.17, 15) is 4.79 Å². The van der Waals surface area contributed by atoms with Gasteiger partial charge in [-0.15, -0.1) is 0 Å². The molecule has 0 aromatic carbocycles. The van der Waals surface area contributed by atoms with E-state index in [0.717, 1.165) is 0 Å². The molecule has 1 rings (SSSR count). The number of rotatable bonds is 3. The van der Waals surface area contributed by atoms with Gasteiger partial charge in [0, 0.05) is 18.1 Å². The minimum atomic E-state index is -0.382. The summed E-state index contributed by atoms with van der Waals surface area (Å²) in [7, 11) is 0. The number of pyridine rings is 1. The van der Waals surface area contributed by atoms with Gasteiger partial charge in [0.05, 0.1) is 12.2 Å². The molecule has 0 radical (unpaired) electrons. The Kier molecular flexibility index (Phi) is 3.22. The molecule has 1 heterocycles. The van der Waals surface area contributed by atoms with Crippen LogP contribution < -0.4 is 11.2 Å². The summed E-state index contributed by atoms with van der Waals surface area (Å²) in [5, 5.41) is 0. The van der Waals surface area contributed by atoms with E-state index in [2.05, 4.69) is 10.5 Å². The Bertz CT molecular complexity index is 301. The van der Waals surface area contributed by atoms with Crippen molar-refractivity contribution in [3.63, 3.8) is 0 Å². The van der Waals surface area contributed by atoms with Crippen LogP contribution in [0, 0.1) is 0 Å². The van der Waals surface area contributed by atoms with Crippen LogP contribution in [0.25, 0.3) is 0 Å². The van der Waals surface area contributed by atoms with Crippen molar-refractivity contribution in [3.05, 3.63) is 24.0 Å². The Labute approximate surface area is 75.9 Å². The molecule has 13 heavy (non-hydrogen) atoms. The lowest BCUT2D eigenvalue weighted by Gasteiger charge is -2.04. The lowest BCUT2D eigenvalue weighted by atomic mass is 10.2. The van der Waals surface area contributed by atoms with Gasteiger partial charge in [-0.3, -0.25) is 14.6 Å². The van der Waals surface area contributed by atoms with Crippen LogP contribution in [0.4, 0.5) is 5.69 Å². The average molecular weight is 181 g/mol. The molecule has 0 unspecified atom stereocenters. The van der Waals surface area contributed by atoms with Crippen LogP contribution in [0.3, 0.4) is 0 Å². The van der Waals surface area contributed by atoms with Gasteiger partial charge in [-0.25, -0.2) is 5.48 Å². The topological polar surface area (TPSA) is 77.2 Å². The molecule has 0 saturated carbocycles. The maximum atomic E-state index is 11.3. The SMILES string of the molecule is CCONC(=O)c1cnccc1N. The molecule has 0 bridgehead atoms. The minimum Gasteiger partial charge on any atom is -0.398 e. The van der Waals surface area contributed by atoms with E-state index < -0.39 is 0 Å². The summed E-state index contributed by atoms with van der Waals surface area (Å²) in [6.45, 7) is 2.18. The molecule has 0 aliphatic heterocycles. The average Bonchev–Trinajstić information content (AvgIpc) is 2.15. The summed E-state index contributed by atoms with van der Waals surface area (Å²) in [4.78, 5) is 19.8. The molecular weight excluding hydrogens is 170 g/mol. The number of nitrogen functional groups attached to an aromatic ring is 1. The smallest absolute Gasteiger partial charge is 0.278 e. The zero-order valence-electron chi connectivity index (χ0n) is 7.28. The third kappa shape index (κ3) is 2.41. The van der Waals surface area contributed by atoms with Gasteiger partial charge < -0.3 is 5.73 Å². The number of anilines is 1. The Morgan fingerprint density at radius 2 is 2.54 bits per heavy atom. The Morgan fingerprint density at radius 3 is 3.15 bits per heavy atom. The predicted octanol–water partition coefficient (Wildman–Crippen LogP) is 0.345. The number of nitrogens with one attached hydrogen (secondary N) is 1. The summed E-state index contributed by atoms with van der Waals surface area (Å²) in [5.41, 5.74) is 8.46. The third-order valence-corrected chi connectivity index (χ3v) is 1.41. The van der Waals surface area contributed by atoms with E-state index >= 15 is 0 Å². The van der Waals surface area contributed by atoms with Crippen molar-refractivity contribution in [1.29, 1.82) is 0 Å². The molecule has 0 fully saturated rings. The zero-order valence-corrected chi connectivity index (χ0v) is 7.28. The Morgan fingerprint density at radius 1 is 1.77 bits per heavy atom. The zero-order chi connectivity index (χ0) is 9.68. The van der Waals surface area contributed by atoms with Crippen LogP contribution in [-0.2, 0) is 4.84 Å². The van der Waals surface area contributed by atoms with Gasteiger partial charge in [0.15, 0.2) is 0 Å². The summed E-state index contributed by atoms with van der Waals surface area (Å²) >= 11 is 0. The molecular formula is C8H11N3O2. The van der Waals surface area contributed by atoms with Gasteiger partial charge in [0.2, 0.25) is 0 Å². The molecule has 5 nitrogen and oxygen atoms in total. The number of amides is 1. The van der Waals surface area contributed by atoms with E-state index in [1.54, 1.807) is 13.0 Å². The van der Waals surface area contributed by atoms with E-state index in [1.807, 2.05) is 0 Å². The Hall–Kier alpha value is -1.62. The number of carbonyl (C=O) groups is 1. The standard InChI is InChI=1S/C8H11N3O2/c1-2-13-11-8(12)6-5-10-4-3-7(6)9/h3-5H,2H2,1H3,(H2,9,10)(H,11,12). The van der Waals surface area contributed by atoms with Crippen molar-refractivity contribution < 1.29 is 9.63 Å². The first-order valence-corrected chi connectivity index (χ1v) is 3.87. The molecule has 5 heteroatoms. The lowest BCUT2D eigenvalue weighted by Crippen LogP contribution is -2.24. The molecule has 0 atom stereocenters. The molecule has 1 amide bonds. The fourth-order valence-corrected chi connectivity index (χ4v) is 0.788. The number of carbonyl (C=O) groups excluding carboxylic acids is 1. The van der Waals surface area contributed by atoms with Crippen molar-refractivity contribution in [1.82, 2.24) is 10.5 Å². The van der Waals surface area contributed by atoms with Crippen LogP contribution in [0.2, 0.25) is 0 Å². The van der Waals surface area contributed by atoms with Crippen LogP contribution in [0.5, 0.6) is 0 Å². The molecule has 0 saturated heterocycles. The Balaban J connectivity index is 2.71. The van der Waals surface area contributed by atoms with Crippen molar-refractivity contribution in [2.45, 2.75) is 6.92 Å². The van der Waals surface area contributed by atoms with Crippen molar-refractivity contribution in [2.24, 2.45) is 0 Å². The molecule has 0 aliphatic rings. The number of aromatic nitrogens is 1. The summed E-state index contributed by atoms with van der Waals surface area (Å²) in [6, 6.07) is 1.56. The maximum absolute atomic E-state index is 11.3. The molecule has 0 aliphatic carbocycles. The van der Waals surface area contributed by atoms with Gasteiger partial charge in [-0.05, 0) is 13.0 Å². The summed E-state index contributed by atoms with van der Waals surface area (Å²) in [6.07, 6.45) is 2.91. The number of nitrogens with two attached hydrogens (primary N) is 1. The highest BCUT2D eigenvalue weighted by Gasteiger charge is 2.08. The van der Waals surface area contributed by atoms with E-state index in [4.69, 9.17) is 10.6 Å². The number of hydrogen-bond acceptors (Lipinski definition) is 4. The summed E-state index contributed by atoms with van der Waals surface area (Å²) in [5.74, 6) is -0.382. The molecule has 0 spiro atoms. The maximum Gasteiger partial charge on any atom is 0.278 e. The predicted molar refractivity (Wildman–Crippen MR) is 47.7 cm³/mol. The second kappa shape index (κ2) is 4.42. The third-order valence-electron chi connectivity index (χ3n) is 1.41. The van der Waals surface area contributed by atoms with E-state index in [1.165, 1.54) is 12.4 Å². The first-order chi connectivity index (χ1) is 6.25. The normalized spacial score (nSPS) is 9.62. The fraction of sp³-hybridized carbons (Fsp3) is 0.250. The highest BCUT2D eigenvalue weighted by molar-refractivity contribution is 5.98. The van der Waals surface area contributed by atoms with Crippen LogP contribution in [-0.4, -0.2) is 17.5 Å². The number of hydrogen-bond donors (Lipinski definition) is 2. The van der Waals surface area contributed by atoms with Gasteiger partial charge in [-0.1, -0.05) is 0 Å². The quantitative estimate of drug-likeness (QED) is 0.659. The molecule has 70 valence electrons. The fourth-order valence-electron chi connectivity index (χ4n) is 0.788. The van der Waals surface area contributed by atoms with E-state index in [0.29, 0.717) is 17.9 Å². The largest absolute Gasteiger partial charge is 0.398 e. The van der Waals surface area contributed by atoms with E-state index in [-0.39, 0.29) is 5.91 Å². The van der Waals surface area contributed by atoms with Gasteiger partial charge >= 0.3 is 0 Å². The number of nitrogens with zero attached hydrogens (tertiary/aromatic N) is 1. The van der Waals surface area contributed by atoms with Crippen molar-refractivity contribution in [3.8, 4) is 0 Å². The minimum absolute atomic E-state index is 0.316. The van der Waals surface area contributed by atoms with Gasteiger partial charge in [0.1, 0.15) is 0 Å². The van der Waals surface area contributed by atoms with Crippen molar-refractivity contribution in [2.75, 3.05) is 12.3 Å². The molecule has 3 N–H and O–H groups in total. The first-order valence-electron chi connectivity index (χ1n) is 3.87. The van der Waals surface area contributed by atoms with Gasteiger partial charge in [0.25, 0.3) is 5.91 Å². The van der Waals surface area contributed by atoms with Gasteiger partial charge in [-0.2, -0.15) is 0 Å². The highest BCUT2D eigenvalue weighted by Crippen LogP contribution is 2.07. The van der Waals surface area contributed by atoms with Crippen LogP contribution >= 0.6 is 0 Å². The summed E-state index contributed by atoms with van der Waals surface area (Å²) < 4.78 is 0. The second-order valence-corrected chi connectivity index (χ2v) is 2.33. The second-order valence-electron chi connectivity index (χ2n) is 2.33. The van der Waals surface area contributed by atoms with Crippen LogP contribution in [0.15, 0.2) is 18.5 Å². The molecule has 1 aromatic rings.